The van der Waals surface area contributed by atoms with E-state index >= 15 is 0 Å². The second-order valence-corrected chi connectivity index (χ2v) is 5.34. The number of aryl methyl sites for hydroxylation is 3. The van der Waals surface area contributed by atoms with Crippen molar-refractivity contribution in [3.8, 4) is 0 Å². The highest BCUT2D eigenvalue weighted by molar-refractivity contribution is 7.15. The Morgan fingerprint density at radius 3 is 2.59 bits per heavy atom. The fourth-order valence-corrected chi connectivity index (χ4v) is 2.36. The highest BCUT2D eigenvalue weighted by Gasteiger charge is 2.07. The van der Waals surface area contributed by atoms with E-state index in [4.69, 9.17) is 0 Å². The van der Waals surface area contributed by atoms with Gasteiger partial charge in [0.2, 0.25) is 5.13 Å². The fraction of sp³-hybridized carbons (Fsp3) is 0.545. The number of hydrogen-bond acceptors (Lipinski definition) is 5. The zero-order valence-electron chi connectivity index (χ0n) is 10.6. The Morgan fingerprint density at radius 2 is 2.06 bits per heavy atom. The molecule has 0 spiro atoms. The molecule has 17 heavy (non-hydrogen) atoms. The highest BCUT2D eigenvalue weighted by atomic mass is 32.1. The van der Waals surface area contributed by atoms with Crippen LogP contribution in [0.15, 0.2) is 6.07 Å². The van der Waals surface area contributed by atoms with Gasteiger partial charge in [-0.1, -0.05) is 11.3 Å². The van der Waals surface area contributed by atoms with Gasteiger partial charge in [0.15, 0.2) is 0 Å². The molecule has 0 radical (unpaired) electrons. The number of nitrogens with zero attached hydrogens (tertiary/aromatic N) is 5. The van der Waals surface area contributed by atoms with Crippen LogP contribution in [0.25, 0.3) is 0 Å². The fourth-order valence-electron chi connectivity index (χ4n) is 1.68. The molecule has 0 saturated carbocycles. The Morgan fingerprint density at radius 1 is 1.29 bits per heavy atom. The lowest BCUT2D eigenvalue weighted by Crippen LogP contribution is -2.23. The van der Waals surface area contributed by atoms with E-state index in [0.29, 0.717) is 0 Å². The summed E-state index contributed by atoms with van der Waals surface area (Å²) >= 11 is 1.61. The smallest absolute Gasteiger partial charge is 0.208 e. The topological polar surface area (TPSA) is 46.8 Å². The predicted molar refractivity (Wildman–Crippen MR) is 69.6 cm³/mol. The Kier molecular flexibility index (Phi) is 3.42. The van der Waals surface area contributed by atoms with Gasteiger partial charge in [-0.2, -0.15) is 5.10 Å². The normalized spacial score (nSPS) is 10.8. The third-order valence-electron chi connectivity index (χ3n) is 2.59. The summed E-state index contributed by atoms with van der Waals surface area (Å²) in [5.41, 5.74) is 2.27. The minimum atomic E-state index is 0.870. The van der Waals surface area contributed by atoms with Crippen LogP contribution in [0.3, 0.4) is 0 Å². The molecule has 2 aromatic heterocycles. The van der Waals surface area contributed by atoms with Crippen LogP contribution in [0.4, 0.5) is 5.13 Å². The Bertz CT molecular complexity index is 502. The van der Waals surface area contributed by atoms with Gasteiger partial charge in [-0.15, -0.1) is 10.2 Å². The summed E-state index contributed by atoms with van der Waals surface area (Å²) in [6.07, 6.45) is 0. The molecule has 0 fully saturated rings. The molecule has 0 amide bonds. The molecule has 0 atom stereocenters. The quantitative estimate of drug-likeness (QED) is 0.831. The van der Waals surface area contributed by atoms with Crippen molar-refractivity contribution in [3.05, 3.63) is 22.5 Å². The maximum absolute atomic E-state index is 4.44. The largest absolute Gasteiger partial charge is 0.348 e. The minimum absolute atomic E-state index is 0.870. The van der Waals surface area contributed by atoms with Crippen molar-refractivity contribution < 1.29 is 0 Å². The predicted octanol–water partition coefficient (Wildman–Crippen LogP) is 1.80. The number of rotatable bonds is 4. The molecule has 0 N–H and O–H groups in total. The van der Waals surface area contributed by atoms with Gasteiger partial charge in [0.1, 0.15) is 5.01 Å². The molecule has 2 rings (SSSR count). The summed E-state index contributed by atoms with van der Waals surface area (Å²) in [5.74, 6) is 0. The van der Waals surface area contributed by atoms with Gasteiger partial charge in [0.05, 0.1) is 12.2 Å². The van der Waals surface area contributed by atoms with Crippen LogP contribution in [-0.4, -0.2) is 33.6 Å². The van der Waals surface area contributed by atoms with E-state index in [1.54, 1.807) is 11.3 Å². The zero-order chi connectivity index (χ0) is 12.4. The van der Waals surface area contributed by atoms with E-state index in [1.165, 1.54) is 5.69 Å². The van der Waals surface area contributed by atoms with E-state index in [2.05, 4.69) is 33.2 Å². The molecule has 92 valence electrons. The molecular formula is C11H17N5S. The molecule has 0 saturated heterocycles. The first-order chi connectivity index (χ1) is 8.06. The second-order valence-electron chi connectivity index (χ2n) is 4.18. The van der Waals surface area contributed by atoms with Crippen molar-refractivity contribution in [2.45, 2.75) is 27.3 Å². The SMILES string of the molecule is Cc1cc(C)n(CCN(C)c2nnc(C)s2)n1. The Labute approximate surface area is 105 Å². The first kappa shape index (κ1) is 12.0. The van der Waals surface area contributed by atoms with Crippen LogP contribution in [0.5, 0.6) is 0 Å². The van der Waals surface area contributed by atoms with Gasteiger partial charge in [-0.25, -0.2) is 0 Å². The number of anilines is 1. The molecule has 2 aromatic rings. The van der Waals surface area contributed by atoms with Crippen LogP contribution < -0.4 is 4.90 Å². The molecule has 0 aliphatic heterocycles. The molecule has 0 aromatic carbocycles. The molecule has 0 bridgehead atoms. The van der Waals surface area contributed by atoms with Gasteiger partial charge < -0.3 is 4.90 Å². The average Bonchev–Trinajstić information content (AvgIpc) is 2.82. The van der Waals surface area contributed by atoms with Crippen molar-refractivity contribution in [3.63, 3.8) is 0 Å². The molecule has 0 aliphatic rings. The van der Waals surface area contributed by atoms with E-state index in [0.717, 1.165) is 28.9 Å². The maximum Gasteiger partial charge on any atom is 0.208 e. The number of likely N-dealkylation sites (N-methyl/N-ethyl adjacent to an activating group) is 1. The van der Waals surface area contributed by atoms with Crippen molar-refractivity contribution in [1.82, 2.24) is 20.0 Å². The van der Waals surface area contributed by atoms with Gasteiger partial charge in [-0.3, -0.25) is 4.68 Å². The summed E-state index contributed by atoms with van der Waals surface area (Å²) in [5, 5.41) is 14.5. The number of aromatic nitrogens is 4. The van der Waals surface area contributed by atoms with E-state index < -0.39 is 0 Å². The van der Waals surface area contributed by atoms with E-state index in [1.807, 2.05) is 25.6 Å². The maximum atomic E-state index is 4.44. The molecular weight excluding hydrogens is 234 g/mol. The Balaban J connectivity index is 1.96. The molecule has 6 heteroatoms. The monoisotopic (exact) mass is 251 g/mol. The minimum Gasteiger partial charge on any atom is -0.348 e. The third-order valence-corrected chi connectivity index (χ3v) is 3.55. The standard InChI is InChI=1S/C11H17N5S/c1-8-7-9(2)16(14-8)6-5-15(4)11-13-12-10(3)17-11/h7H,5-6H2,1-4H3. The van der Waals surface area contributed by atoms with Crippen LogP contribution in [0.1, 0.15) is 16.4 Å². The summed E-state index contributed by atoms with van der Waals surface area (Å²) in [7, 11) is 2.03. The van der Waals surface area contributed by atoms with Gasteiger partial charge in [0.25, 0.3) is 0 Å². The molecule has 2 heterocycles. The van der Waals surface area contributed by atoms with Crippen molar-refractivity contribution in [2.24, 2.45) is 0 Å². The highest BCUT2D eigenvalue weighted by Crippen LogP contribution is 2.17. The van der Waals surface area contributed by atoms with Crippen LogP contribution in [0.2, 0.25) is 0 Å². The lowest BCUT2D eigenvalue weighted by atomic mass is 10.4. The lowest BCUT2D eigenvalue weighted by Gasteiger charge is -2.15. The third kappa shape index (κ3) is 2.82. The van der Waals surface area contributed by atoms with Gasteiger partial charge in [0, 0.05) is 19.3 Å². The molecule has 5 nitrogen and oxygen atoms in total. The number of hydrogen-bond donors (Lipinski definition) is 0. The van der Waals surface area contributed by atoms with Crippen LogP contribution >= 0.6 is 11.3 Å². The molecule has 0 aliphatic carbocycles. The van der Waals surface area contributed by atoms with Crippen molar-refractivity contribution in [2.75, 3.05) is 18.5 Å². The van der Waals surface area contributed by atoms with E-state index in [-0.39, 0.29) is 0 Å². The lowest BCUT2D eigenvalue weighted by molar-refractivity contribution is 0.591. The first-order valence-corrected chi connectivity index (χ1v) is 6.40. The zero-order valence-corrected chi connectivity index (χ0v) is 11.5. The summed E-state index contributed by atoms with van der Waals surface area (Å²) in [6.45, 7) is 7.82. The molecule has 0 unspecified atom stereocenters. The summed E-state index contributed by atoms with van der Waals surface area (Å²) < 4.78 is 2.03. The van der Waals surface area contributed by atoms with Crippen LogP contribution in [0, 0.1) is 20.8 Å². The summed E-state index contributed by atoms with van der Waals surface area (Å²) in [4.78, 5) is 2.11. The van der Waals surface area contributed by atoms with Crippen molar-refractivity contribution >= 4 is 16.5 Å². The van der Waals surface area contributed by atoms with Gasteiger partial charge in [-0.05, 0) is 26.8 Å². The van der Waals surface area contributed by atoms with Gasteiger partial charge >= 0.3 is 0 Å². The van der Waals surface area contributed by atoms with Crippen LogP contribution in [-0.2, 0) is 6.54 Å². The van der Waals surface area contributed by atoms with E-state index in [9.17, 15) is 0 Å². The Hall–Kier alpha value is -1.43. The first-order valence-electron chi connectivity index (χ1n) is 5.58. The van der Waals surface area contributed by atoms with Crippen molar-refractivity contribution in [1.29, 1.82) is 0 Å². The summed E-state index contributed by atoms with van der Waals surface area (Å²) in [6, 6.07) is 2.09. The average molecular weight is 251 g/mol. The second kappa shape index (κ2) is 4.83.